The fourth-order valence-corrected chi connectivity index (χ4v) is 3.77. The number of piperidine rings is 1. The van der Waals surface area contributed by atoms with Crippen molar-refractivity contribution in [2.45, 2.75) is 39.0 Å². The second-order valence-corrected chi connectivity index (χ2v) is 7.16. The number of anilines is 1. The zero-order valence-electron chi connectivity index (χ0n) is 15.5. The van der Waals surface area contributed by atoms with Crippen LogP contribution >= 0.6 is 24.0 Å². The molecule has 4 nitrogen and oxygen atoms in total. The molecule has 140 valence electrons. The Morgan fingerprint density at radius 1 is 1.12 bits per heavy atom. The number of halogens is 1. The van der Waals surface area contributed by atoms with Gasteiger partial charge in [0, 0.05) is 31.9 Å². The number of nitrogens with one attached hydrogen (secondary N) is 1. The first-order valence-electron chi connectivity index (χ1n) is 9.69. The molecular formula is C20H33IN4. The van der Waals surface area contributed by atoms with E-state index in [0.717, 1.165) is 31.3 Å². The number of aliphatic imine (C=N–C) groups is 1. The molecule has 2 saturated heterocycles. The van der Waals surface area contributed by atoms with Gasteiger partial charge in [-0.3, -0.25) is 4.99 Å². The highest BCUT2D eigenvalue weighted by Gasteiger charge is 2.22. The van der Waals surface area contributed by atoms with E-state index in [1.54, 1.807) is 0 Å². The van der Waals surface area contributed by atoms with Crippen LogP contribution in [0.4, 0.5) is 5.69 Å². The van der Waals surface area contributed by atoms with E-state index in [1.807, 2.05) is 0 Å². The first kappa shape index (κ1) is 20.5. The molecular weight excluding hydrogens is 423 g/mol. The molecule has 0 saturated carbocycles. The molecule has 0 aliphatic carbocycles. The van der Waals surface area contributed by atoms with Crippen molar-refractivity contribution in [3.05, 3.63) is 30.3 Å². The average Bonchev–Trinajstić information content (AvgIpc) is 3.08. The van der Waals surface area contributed by atoms with Crippen LogP contribution in [0.25, 0.3) is 0 Å². The van der Waals surface area contributed by atoms with Crippen molar-refractivity contribution in [3.63, 3.8) is 0 Å². The Kier molecular flexibility index (Phi) is 9.03. The summed E-state index contributed by atoms with van der Waals surface area (Å²) >= 11 is 0. The van der Waals surface area contributed by atoms with Gasteiger partial charge in [0.2, 0.25) is 0 Å². The minimum atomic E-state index is 0. The number of para-hydroxylation sites is 1. The minimum Gasteiger partial charge on any atom is -0.343 e. The van der Waals surface area contributed by atoms with Gasteiger partial charge in [-0.05, 0) is 63.2 Å². The Balaban J connectivity index is 0.00000225. The summed E-state index contributed by atoms with van der Waals surface area (Å²) in [6.45, 7) is 9.18. The minimum absolute atomic E-state index is 0. The lowest BCUT2D eigenvalue weighted by Gasteiger charge is -2.30. The number of rotatable bonds is 5. The highest BCUT2D eigenvalue weighted by Crippen LogP contribution is 2.18. The third-order valence-corrected chi connectivity index (χ3v) is 5.09. The van der Waals surface area contributed by atoms with Gasteiger partial charge >= 0.3 is 0 Å². The van der Waals surface area contributed by atoms with Crippen LogP contribution in [0, 0.1) is 5.92 Å². The van der Waals surface area contributed by atoms with Gasteiger partial charge in [-0.15, -0.1) is 24.0 Å². The SMILES string of the molecule is CCCN1CCC(CN=C(Nc2ccccc2)N2CCCCC2)C1.I. The van der Waals surface area contributed by atoms with Crippen LogP contribution in [0.1, 0.15) is 39.0 Å². The second-order valence-electron chi connectivity index (χ2n) is 7.16. The van der Waals surface area contributed by atoms with Crippen LogP contribution in [0.2, 0.25) is 0 Å². The van der Waals surface area contributed by atoms with Crippen molar-refractivity contribution in [1.82, 2.24) is 9.80 Å². The van der Waals surface area contributed by atoms with Crippen molar-refractivity contribution >= 4 is 35.6 Å². The monoisotopic (exact) mass is 456 g/mol. The number of nitrogens with zero attached hydrogens (tertiary/aromatic N) is 3. The number of hydrogen-bond donors (Lipinski definition) is 1. The van der Waals surface area contributed by atoms with Crippen LogP contribution < -0.4 is 5.32 Å². The highest BCUT2D eigenvalue weighted by atomic mass is 127. The smallest absolute Gasteiger partial charge is 0.198 e. The third kappa shape index (κ3) is 6.44. The maximum absolute atomic E-state index is 5.02. The van der Waals surface area contributed by atoms with Gasteiger partial charge in [-0.25, -0.2) is 0 Å². The Morgan fingerprint density at radius 2 is 1.88 bits per heavy atom. The number of hydrogen-bond acceptors (Lipinski definition) is 2. The molecule has 1 N–H and O–H groups in total. The number of guanidine groups is 1. The molecule has 0 spiro atoms. The third-order valence-electron chi connectivity index (χ3n) is 5.09. The van der Waals surface area contributed by atoms with Crippen LogP contribution in [0.5, 0.6) is 0 Å². The van der Waals surface area contributed by atoms with Crippen LogP contribution in [-0.2, 0) is 0 Å². The molecule has 5 heteroatoms. The quantitative estimate of drug-likeness (QED) is 0.408. The molecule has 2 fully saturated rings. The lowest BCUT2D eigenvalue weighted by atomic mass is 10.1. The van der Waals surface area contributed by atoms with Gasteiger partial charge in [-0.2, -0.15) is 0 Å². The number of benzene rings is 1. The Labute approximate surface area is 170 Å². The molecule has 1 atom stereocenters. The fraction of sp³-hybridized carbons (Fsp3) is 0.650. The van der Waals surface area contributed by atoms with Gasteiger partial charge < -0.3 is 15.1 Å². The molecule has 0 amide bonds. The van der Waals surface area contributed by atoms with Crippen LogP contribution in [-0.4, -0.2) is 55.0 Å². The van der Waals surface area contributed by atoms with E-state index in [9.17, 15) is 0 Å². The molecule has 2 aliphatic rings. The average molecular weight is 456 g/mol. The molecule has 0 bridgehead atoms. The van der Waals surface area contributed by atoms with E-state index in [1.165, 1.54) is 51.7 Å². The van der Waals surface area contributed by atoms with E-state index in [4.69, 9.17) is 4.99 Å². The van der Waals surface area contributed by atoms with Crippen molar-refractivity contribution in [2.24, 2.45) is 10.9 Å². The summed E-state index contributed by atoms with van der Waals surface area (Å²) in [5.41, 5.74) is 1.14. The molecule has 1 aromatic rings. The van der Waals surface area contributed by atoms with Gasteiger partial charge in [0.25, 0.3) is 0 Å². The summed E-state index contributed by atoms with van der Waals surface area (Å²) in [5.74, 6) is 1.80. The summed E-state index contributed by atoms with van der Waals surface area (Å²) in [6, 6.07) is 10.5. The Hall–Kier alpha value is -0.820. The van der Waals surface area contributed by atoms with E-state index in [-0.39, 0.29) is 24.0 Å². The maximum Gasteiger partial charge on any atom is 0.198 e. The van der Waals surface area contributed by atoms with E-state index < -0.39 is 0 Å². The summed E-state index contributed by atoms with van der Waals surface area (Å²) in [4.78, 5) is 10.1. The molecule has 3 rings (SSSR count). The van der Waals surface area contributed by atoms with Gasteiger partial charge in [0.05, 0.1) is 0 Å². The summed E-state index contributed by atoms with van der Waals surface area (Å²) in [6.07, 6.45) is 6.46. The molecule has 1 unspecified atom stereocenters. The highest BCUT2D eigenvalue weighted by molar-refractivity contribution is 14.0. The standard InChI is InChI=1S/C20H32N4.HI/c1-2-12-23-15-11-18(17-23)16-21-20(24-13-7-4-8-14-24)22-19-9-5-3-6-10-19;/h3,5-6,9-10,18H,2,4,7-8,11-17H2,1H3,(H,21,22);1H. The fourth-order valence-electron chi connectivity index (χ4n) is 3.77. The topological polar surface area (TPSA) is 30.9 Å². The van der Waals surface area contributed by atoms with Gasteiger partial charge in [0.15, 0.2) is 5.96 Å². The van der Waals surface area contributed by atoms with Crippen LogP contribution in [0.15, 0.2) is 35.3 Å². The van der Waals surface area contributed by atoms with Gasteiger partial charge in [-0.1, -0.05) is 25.1 Å². The lowest BCUT2D eigenvalue weighted by Crippen LogP contribution is -2.40. The first-order valence-corrected chi connectivity index (χ1v) is 9.69. The number of likely N-dealkylation sites (tertiary alicyclic amines) is 2. The van der Waals surface area contributed by atoms with Crippen molar-refractivity contribution in [3.8, 4) is 0 Å². The normalized spacial score (nSPS) is 21.9. The van der Waals surface area contributed by atoms with Gasteiger partial charge in [0.1, 0.15) is 0 Å². The lowest BCUT2D eigenvalue weighted by molar-refractivity contribution is 0.324. The van der Waals surface area contributed by atoms with E-state index in [0.29, 0.717) is 5.92 Å². The molecule has 25 heavy (non-hydrogen) atoms. The zero-order chi connectivity index (χ0) is 16.6. The van der Waals surface area contributed by atoms with Crippen molar-refractivity contribution in [1.29, 1.82) is 0 Å². The van der Waals surface area contributed by atoms with Crippen molar-refractivity contribution in [2.75, 3.05) is 44.6 Å². The predicted octanol–water partition coefficient (Wildman–Crippen LogP) is 4.29. The van der Waals surface area contributed by atoms with Crippen LogP contribution in [0.3, 0.4) is 0 Å². The van der Waals surface area contributed by atoms with E-state index in [2.05, 4.69) is 52.4 Å². The second kappa shape index (κ2) is 11.0. The largest absolute Gasteiger partial charge is 0.343 e. The summed E-state index contributed by atoms with van der Waals surface area (Å²) < 4.78 is 0. The summed E-state index contributed by atoms with van der Waals surface area (Å²) in [7, 11) is 0. The van der Waals surface area contributed by atoms with Crippen molar-refractivity contribution < 1.29 is 0 Å². The Morgan fingerprint density at radius 3 is 2.60 bits per heavy atom. The maximum atomic E-state index is 5.02. The van der Waals surface area contributed by atoms with E-state index >= 15 is 0 Å². The predicted molar refractivity (Wildman–Crippen MR) is 118 cm³/mol. The molecule has 0 aromatic heterocycles. The summed E-state index contributed by atoms with van der Waals surface area (Å²) in [5, 5.41) is 3.57. The molecule has 2 aliphatic heterocycles. The zero-order valence-corrected chi connectivity index (χ0v) is 17.8. The molecule has 0 radical (unpaired) electrons. The molecule has 1 aromatic carbocycles. The Bertz CT molecular complexity index is 514. The molecule has 2 heterocycles. The first-order chi connectivity index (χ1) is 11.8.